The summed E-state index contributed by atoms with van der Waals surface area (Å²) in [7, 11) is 0. The van der Waals surface area contributed by atoms with E-state index in [0.29, 0.717) is 12.6 Å². The first-order valence-electron chi connectivity index (χ1n) is 5.70. The average Bonchev–Trinajstić information content (AvgIpc) is 2.39. The van der Waals surface area contributed by atoms with E-state index in [9.17, 15) is 0 Å². The van der Waals surface area contributed by atoms with E-state index >= 15 is 0 Å². The van der Waals surface area contributed by atoms with Crippen LogP contribution in [-0.2, 0) is 11.3 Å². The lowest BCUT2D eigenvalue weighted by molar-refractivity contribution is 0.0925. The van der Waals surface area contributed by atoms with Crippen molar-refractivity contribution in [3.63, 3.8) is 0 Å². The van der Waals surface area contributed by atoms with Gasteiger partial charge in [0.05, 0.1) is 37.3 Å². The van der Waals surface area contributed by atoms with E-state index in [1.807, 2.05) is 0 Å². The van der Waals surface area contributed by atoms with Gasteiger partial charge in [0.2, 0.25) is 0 Å². The van der Waals surface area contributed by atoms with Crippen LogP contribution in [0.2, 0.25) is 0 Å². The molecule has 16 heavy (non-hydrogen) atoms. The van der Waals surface area contributed by atoms with Gasteiger partial charge in [0.25, 0.3) is 0 Å². The van der Waals surface area contributed by atoms with E-state index in [0.717, 1.165) is 37.7 Å². The molecule has 0 saturated carbocycles. The van der Waals surface area contributed by atoms with E-state index in [1.165, 1.54) is 0 Å². The lowest BCUT2D eigenvalue weighted by atomic mass is 10.2. The Bertz CT molecular complexity index is 327. The smallest absolute Gasteiger partial charge is 0.147 e. The van der Waals surface area contributed by atoms with Gasteiger partial charge in [-0.05, 0) is 6.42 Å². The molecular weight excluding hydrogens is 204 g/mol. The van der Waals surface area contributed by atoms with Crippen LogP contribution in [-0.4, -0.2) is 35.8 Å². The molecule has 0 spiro atoms. The molecule has 2 rings (SSSR count). The number of anilines is 1. The zero-order valence-corrected chi connectivity index (χ0v) is 9.59. The predicted molar refractivity (Wildman–Crippen MR) is 62.2 cm³/mol. The standard InChI is InChI=1S/C11H18N4O/c1-2-10-8-16-4-3-15(10)11-7-13-9(5-12)6-14-11/h6-7,10H,2-5,8,12H2,1H3. The van der Waals surface area contributed by atoms with Crippen molar-refractivity contribution in [2.24, 2.45) is 5.73 Å². The first kappa shape index (κ1) is 11.3. The molecule has 1 aliphatic heterocycles. The van der Waals surface area contributed by atoms with Crippen LogP contribution in [0.1, 0.15) is 19.0 Å². The second kappa shape index (κ2) is 5.23. The summed E-state index contributed by atoms with van der Waals surface area (Å²) in [5, 5.41) is 0. The molecule has 5 nitrogen and oxygen atoms in total. The zero-order valence-electron chi connectivity index (χ0n) is 9.59. The van der Waals surface area contributed by atoms with Crippen LogP contribution >= 0.6 is 0 Å². The first-order chi connectivity index (χ1) is 7.85. The van der Waals surface area contributed by atoms with E-state index in [2.05, 4.69) is 21.8 Å². The van der Waals surface area contributed by atoms with Gasteiger partial charge in [0.15, 0.2) is 0 Å². The Labute approximate surface area is 95.6 Å². The summed E-state index contributed by atoms with van der Waals surface area (Å²) in [6, 6.07) is 0.409. The Morgan fingerprint density at radius 1 is 1.50 bits per heavy atom. The average molecular weight is 222 g/mol. The van der Waals surface area contributed by atoms with Gasteiger partial charge in [-0.25, -0.2) is 4.98 Å². The first-order valence-corrected chi connectivity index (χ1v) is 5.70. The predicted octanol–water partition coefficient (Wildman–Crippen LogP) is 0.551. The number of morpholine rings is 1. The quantitative estimate of drug-likeness (QED) is 0.809. The van der Waals surface area contributed by atoms with E-state index < -0.39 is 0 Å². The van der Waals surface area contributed by atoms with Crippen LogP contribution in [0.15, 0.2) is 12.4 Å². The van der Waals surface area contributed by atoms with E-state index in [-0.39, 0.29) is 0 Å². The molecule has 0 aliphatic carbocycles. The van der Waals surface area contributed by atoms with Gasteiger partial charge in [0, 0.05) is 13.1 Å². The van der Waals surface area contributed by atoms with Crippen molar-refractivity contribution in [2.45, 2.75) is 25.9 Å². The van der Waals surface area contributed by atoms with Crippen molar-refractivity contribution >= 4 is 5.82 Å². The number of rotatable bonds is 3. The van der Waals surface area contributed by atoms with Gasteiger partial charge in [-0.2, -0.15) is 0 Å². The third-order valence-electron chi connectivity index (χ3n) is 2.89. The Kier molecular flexibility index (Phi) is 3.69. The minimum atomic E-state index is 0.409. The summed E-state index contributed by atoms with van der Waals surface area (Å²) in [6.07, 6.45) is 4.61. The lowest BCUT2D eigenvalue weighted by Crippen LogP contribution is -2.45. The van der Waals surface area contributed by atoms with Crippen molar-refractivity contribution in [3.8, 4) is 0 Å². The molecule has 2 heterocycles. The summed E-state index contributed by atoms with van der Waals surface area (Å²) in [6.45, 7) is 5.02. The fourth-order valence-electron chi connectivity index (χ4n) is 1.90. The molecule has 0 radical (unpaired) electrons. The highest BCUT2D eigenvalue weighted by molar-refractivity contribution is 5.38. The number of hydrogen-bond donors (Lipinski definition) is 1. The van der Waals surface area contributed by atoms with E-state index in [4.69, 9.17) is 10.5 Å². The van der Waals surface area contributed by atoms with Crippen LogP contribution in [0, 0.1) is 0 Å². The molecule has 0 amide bonds. The second-order valence-electron chi connectivity index (χ2n) is 3.90. The maximum Gasteiger partial charge on any atom is 0.147 e. The monoisotopic (exact) mass is 222 g/mol. The van der Waals surface area contributed by atoms with Crippen molar-refractivity contribution in [1.29, 1.82) is 0 Å². The molecule has 88 valence electrons. The molecule has 5 heteroatoms. The molecule has 1 aromatic rings. The third kappa shape index (κ3) is 2.31. The van der Waals surface area contributed by atoms with Crippen molar-refractivity contribution < 1.29 is 4.74 Å². The van der Waals surface area contributed by atoms with Crippen molar-refractivity contribution in [1.82, 2.24) is 9.97 Å². The summed E-state index contributed by atoms with van der Waals surface area (Å²) < 4.78 is 5.46. The minimum absolute atomic E-state index is 0.409. The third-order valence-corrected chi connectivity index (χ3v) is 2.89. The van der Waals surface area contributed by atoms with Crippen molar-refractivity contribution in [2.75, 3.05) is 24.7 Å². The van der Waals surface area contributed by atoms with Gasteiger partial charge in [-0.3, -0.25) is 4.98 Å². The van der Waals surface area contributed by atoms with Gasteiger partial charge < -0.3 is 15.4 Å². The Balaban J connectivity index is 2.14. The Morgan fingerprint density at radius 3 is 3.00 bits per heavy atom. The Hall–Kier alpha value is -1.20. The molecule has 0 bridgehead atoms. The number of nitrogens with two attached hydrogens (primary N) is 1. The number of ether oxygens (including phenoxy) is 1. The number of aromatic nitrogens is 2. The van der Waals surface area contributed by atoms with Crippen LogP contribution < -0.4 is 10.6 Å². The van der Waals surface area contributed by atoms with Crippen LogP contribution in [0.5, 0.6) is 0 Å². The van der Waals surface area contributed by atoms with Gasteiger partial charge in [-0.15, -0.1) is 0 Å². The molecular formula is C11H18N4O. The summed E-state index contributed by atoms with van der Waals surface area (Å²) >= 11 is 0. The molecule has 1 aliphatic rings. The summed E-state index contributed by atoms with van der Waals surface area (Å²) in [5.41, 5.74) is 6.32. The van der Waals surface area contributed by atoms with Crippen LogP contribution in [0.25, 0.3) is 0 Å². The van der Waals surface area contributed by atoms with Crippen LogP contribution in [0.4, 0.5) is 5.82 Å². The molecule has 1 aromatic heterocycles. The second-order valence-corrected chi connectivity index (χ2v) is 3.90. The molecule has 1 fully saturated rings. The highest BCUT2D eigenvalue weighted by Crippen LogP contribution is 2.17. The molecule has 1 atom stereocenters. The minimum Gasteiger partial charge on any atom is -0.377 e. The zero-order chi connectivity index (χ0) is 11.4. The molecule has 1 saturated heterocycles. The van der Waals surface area contributed by atoms with Gasteiger partial charge in [0.1, 0.15) is 5.82 Å². The fraction of sp³-hybridized carbons (Fsp3) is 0.636. The summed E-state index contributed by atoms with van der Waals surface area (Å²) in [5.74, 6) is 0.923. The van der Waals surface area contributed by atoms with Crippen LogP contribution in [0.3, 0.4) is 0 Å². The van der Waals surface area contributed by atoms with Crippen molar-refractivity contribution in [3.05, 3.63) is 18.1 Å². The number of nitrogens with zero attached hydrogens (tertiary/aromatic N) is 3. The normalized spacial score (nSPS) is 21.1. The molecule has 0 aromatic carbocycles. The molecule has 2 N–H and O–H groups in total. The number of hydrogen-bond acceptors (Lipinski definition) is 5. The SMILES string of the molecule is CCC1COCCN1c1cnc(CN)cn1. The maximum atomic E-state index is 5.50. The van der Waals surface area contributed by atoms with Gasteiger partial charge in [-0.1, -0.05) is 6.92 Å². The fourth-order valence-corrected chi connectivity index (χ4v) is 1.90. The van der Waals surface area contributed by atoms with Gasteiger partial charge >= 0.3 is 0 Å². The highest BCUT2D eigenvalue weighted by atomic mass is 16.5. The summed E-state index contributed by atoms with van der Waals surface area (Å²) in [4.78, 5) is 10.9. The highest BCUT2D eigenvalue weighted by Gasteiger charge is 2.22. The van der Waals surface area contributed by atoms with E-state index in [1.54, 1.807) is 12.4 Å². The topological polar surface area (TPSA) is 64.3 Å². The Morgan fingerprint density at radius 2 is 2.38 bits per heavy atom. The maximum absolute atomic E-state index is 5.50. The lowest BCUT2D eigenvalue weighted by Gasteiger charge is -2.35. The molecule has 1 unspecified atom stereocenters. The largest absolute Gasteiger partial charge is 0.377 e.